The van der Waals surface area contributed by atoms with Crippen LogP contribution in [0.1, 0.15) is 27.2 Å². The average Bonchev–Trinajstić information content (AvgIpc) is 2.74. The summed E-state index contributed by atoms with van der Waals surface area (Å²) in [5.74, 6) is 0.693. The molecule has 0 saturated heterocycles. The fourth-order valence-electron chi connectivity index (χ4n) is 1.65. The summed E-state index contributed by atoms with van der Waals surface area (Å²) in [7, 11) is -3.12. The topological polar surface area (TPSA) is 73.2 Å². The molecule has 1 aromatic rings. The lowest BCUT2D eigenvalue weighted by atomic mass is 10.2. The van der Waals surface area contributed by atoms with Crippen molar-refractivity contribution in [2.24, 2.45) is 0 Å². The van der Waals surface area contributed by atoms with Gasteiger partial charge < -0.3 is 14.6 Å². The third kappa shape index (κ3) is 4.79. The highest BCUT2D eigenvalue weighted by molar-refractivity contribution is 7.92. The summed E-state index contributed by atoms with van der Waals surface area (Å²) in [4.78, 5) is 4.22. The Balaban J connectivity index is 2.59. The third-order valence-corrected chi connectivity index (χ3v) is 5.36. The molecule has 7 heteroatoms. The Morgan fingerprint density at radius 2 is 2.15 bits per heavy atom. The summed E-state index contributed by atoms with van der Waals surface area (Å²) in [6, 6.07) is 0. The first-order valence-corrected chi connectivity index (χ1v) is 8.69. The SMILES string of the molecule is CCOCCCNc1nccn1CC(C)(C)S(C)(=O)=O. The molecule has 0 saturated carbocycles. The molecule has 0 aromatic carbocycles. The first kappa shape index (κ1) is 17.0. The lowest BCUT2D eigenvalue weighted by Crippen LogP contribution is -2.36. The van der Waals surface area contributed by atoms with Crippen LogP contribution in [0.5, 0.6) is 0 Å². The van der Waals surface area contributed by atoms with Crippen LogP contribution in [0.4, 0.5) is 5.95 Å². The van der Waals surface area contributed by atoms with Crippen molar-refractivity contribution < 1.29 is 13.2 Å². The fourth-order valence-corrected chi connectivity index (χ4v) is 2.02. The van der Waals surface area contributed by atoms with Crippen molar-refractivity contribution in [2.75, 3.05) is 31.3 Å². The maximum absolute atomic E-state index is 11.8. The quantitative estimate of drug-likeness (QED) is 0.701. The van der Waals surface area contributed by atoms with Gasteiger partial charge in [-0.15, -0.1) is 0 Å². The Labute approximate surface area is 121 Å². The van der Waals surface area contributed by atoms with Crippen LogP contribution in [0, 0.1) is 0 Å². The molecule has 0 aliphatic rings. The predicted molar refractivity (Wildman–Crippen MR) is 80.7 cm³/mol. The zero-order valence-corrected chi connectivity index (χ0v) is 13.5. The number of ether oxygens (including phenoxy) is 1. The number of hydrogen-bond acceptors (Lipinski definition) is 5. The minimum absolute atomic E-state index is 0.375. The van der Waals surface area contributed by atoms with Crippen LogP contribution in [0.2, 0.25) is 0 Å². The van der Waals surface area contributed by atoms with Gasteiger partial charge >= 0.3 is 0 Å². The minimum atomic E-state index is -3.12. The van der Waals surface area contributed by atoms with Crippen molar-refractivity contribution >= 4 is 15.8 Å². The average molecular weight is 303 g/mol. The zero-order chi connectivity index (χ0) is 15.2. The van der Waals surface area contributed by atoms with Gasteiger partial charge in [-0.25, -0.2) is 13.4 Å². The largest absolute Gasteiger partial charge is 0.382 e. The molecule has 0 aliphatic carbocycles. The van der Waals surface area contributed by atoms with Crippen molar-refractivity contribution in [3.63, 3.8) is 0 Å². The van der Waals surface area contributed by atoms with Crippen LogP contribution in [0.3, 0.4) is 0 Å². The molecule has 1 rings (SSSR count). The van der Waals surface area contributed by atoms with E-state index >= 15 is 0 Å². The number of rotatable bonds is 9. The third-order valence-electron chi connectivity index (χ3n) is 3.22. The summed E-state index contributed by atoms with van der Waals surface area (Å²) < 4.78 is 29.8. The summed E-state index contributed by atoms with van der Waals surface area (Å²) in [6.07, 6.45) is 5.61. The highest BCUT2D eigenvalue weighted by Crippen LogP contribution is 2.20. The summed E-state index contributed by atoms with van der Waals surface area (Å²) in [5.41, 5.74) is 0. The zero-order valence-electron chi connectivity index (χ0n) is 12.7. The molecule has 1 heterocycles. The van der Waals surface area contributed by atoms with Gasteiger partial charge in [0, 0.05) is 45.0 Å². The molecule has 0 amide bonds. The highest BCUT2D eigenvalue weighted by Gasteiger charge is 2.31. The van der Waals surface area contributed by atoms with Crippen molar-refractivity contribution in [2.45, 2.75) is 38.5 Å². The van der Waals surface area contributed by atoms with E-state index in [-0.39, 0.29) is 0 Å². The molecular formula is C13H25N3O3S. The smallest absolute Gasteiger partial charge is 0.202 e. The molecule has 0 radical (unpaired) electrons. The Bertz CT molecular complexity index is 509. The van der Waals surface area contributed by atoms with E-state index in [4.69, 9.17) is 4.74 Å². The molecule has 1 N–H and O–H groups in total. The number of imidazole rings is 1. The van der Waals surface area contributed by atoms with Gasteiger partial charge in [-0.1, -0.05) is 0 Å². The number of sulfone groups is 1. The van der Waals surface area contributed by atoms with Crippen molar-refractivity contribution in [1.82, 2.24) is 9.55 Å². The van der Waals surface area contributed by atoms with Crippen LogP contribution in [-0.2, 0) is 21.1 Å². The second-order valence-corrected chi connectivity index (χ2v) is 8.04. The Morgan fingerprint density at radius 3 is 2.75 bits per heavy atom. The van der Waals surface area contributed by atoms with Gasteiger partial charge in [0.2, 0.25) is 5.95 Å². The van der Waals surface area contributed by atoms with E-state index in [1.807, 2.05) is 11.5 Å². The number of aromatic nitrogens is 2. The number of nitrogens with one attached hydrogen (secondary N) is 1. The molecule has 0 aliphatic heterocycles. The Hall–Kier alpha value is -1.08. The molecule has 0 unspecified atom stereocenters. The van der Waals surface area contributed by atoms with Gasteiger partial charge in [0.25, 0.3) is 0 Å². The van der Waals surface area contributed by atoms with Crippen LogP contribution in [0.25, 0.3) is 0 Å². The molecule has 116 valence electrons. The van der Waals surface area contributed by atoms with Gasteiger partial charge in [0.1, 0.15) is 0 Å². The van der Waals surface area contributed by atoms with Crippen LogP contribution in [-0.4, -0.2) is 48.7 Å². The van der Waals surface area contributed by atoms with E-state index in [9.17, 15) is 8.42 Å². The summed E-state index contributed by atoms with van der Waals surface area (Å²) >= 11 is 0. The van der Waals surface area contributed by atoms with Gasteiger partial charge in [-0.2, -0.15) is 0 Å². The predicted octanol–water partition coefficient (Wildman–Crippen LogP) is 1.54. The van der Waals surface area contributed by atoms with E-state index in [0.29, 0.717) is 19.1 Å². The van der Waals surface area contributed by atoms with Crippen molar-refractivity contribution in [3.05, 3.63) is 12.4 Å². The van der Waals surface area contributed by atoms with E-state index in [2.05, 4.69) is 10.3 Å². The van der Waals surface area contributed by atoms with Crippen LogP contribution in [0.15, 0.2) is 12.4 Å². The molecule has 1 aromatic heterocycles. The van der Waals surface area contributed by atoms with Crippen LogP contribution >= 0.6 is 0 Å². The maximum atomic E-state index is 11.8. The highest BCUT2D eigenvalue weighted by atomic mass is 32.2. The lowest BCUT2D eigenvalue weighted by Gasteiger charge is -2.24. The van der Waals surface area contributed by atoms with E-state index in [0.717, 1.165) is 19.6 Å². The molecule has 0 atom stereocenters. The summed E-state index contributed by atoms with van der Waals surface area (Å²) in [5, 5.41) is 3.20. The van der Waals surface area contributed by atoms with Gasteiger partial charge in [0.05, 0.1) is 4.75 Å². The minimum Gasteiger partial charge on any atom is -0.382 e. The lowest BCUT2D eigenvalue weighted by molar-refractivity contribution is 0.147. The maximum Gasteiger partial charge on any atom is 0.202 e. The summed E-state index contributed by atoms with van der Waals surface area (Å²) in [6.45, 7) is 7.96. The molecule has 6 nitrogen and oxygen atoms in total. The molecule has 0 bridgehead atoms. The normalized spacial score (nSPS) is 12.6. The Kier molecular flexibility index (Phi) is 6.01. The second kappa shape index (κ2) is 7.08. The van der Waals surface area contributed by atoms with Crippen molar-refractivity contribution in [3.8, 4) is 0 Å². The first-order chi connectivity index (χ1) is 9.28. The monoisotopic (exact) mass is 303 g/mol. The molecular weight excluding hydrogens is 278 g/mol. The fraction of sp³-hybridized carbons (Fsp3) is 0.769. The van der Waals surface area contributed by atoms with Gasteiger partial charge in [0.15, 0.2) is 9.84 Å². The molecule has 0 spiro atoms. The molecule has 20 heavy (non-hydrogen) atoms. The van der Waals surface area contributed by atoms with E-state index in [1.54, 1.807) is 26.2 Å². The second-order valence-electron chi connectivity index (χ2n) is 5.39. The Morgan fingerprint density at radius 1 is 1.45 bits per heavy atom. The first-order valence-electron chi connectivity index (χ1n) is 6.80. The molecule has 0 fully saturated rings. The van der Waals surface area contributed by atoms with E-state index in [1.165, 1.54) is 6.26 Å². The van der Waals surface area contributed by atoms with Gasteiger partial charge in [-0.3, -0.25) is 0 Å². The van der Waals surface area contributed by atoms with Crippen LogP contribution < -0.4 is 5.32 Å². The standard InChI is InChI=1S/C13H25N3O3S/c1-5-19-10-6-7-14-12-15-8-9-16(12)11-13(2,3)20(4,17)18/h8-9H,5-7,10-11H2,1-4H3,(H,14,15). The number of anilines is 1. The number of hydrogen-bond donors (Lipinski definition) is 1. The van der Waals surface area contributed by atoms with Crippen molar-refractivity contribution in [1.29, 1.82) is 0 Å². The van der Waals surface area contributed by atoms with E-state index < -0.39 is 14.6 Å². The number of nitrogens with zero attached hydrogens (tertiary/aromatic N) is 2. The van der Waals surface area contributed by atoms with Gasteiger partial charge in [-0.05, 0) is 27.2 Å².